The third-order valence-electron chi connectivity index (χ3n) is 2.72. The van der Waals surface area contributed by atoms with Gasteiger partial charge in [0.25, 0.3) is 0 Å². The van der Waals surface area contributed by atoms with Crippen LogP contribution in [-0.2, 0) is 23.9 Å². The van der Waals surface area contributed by atoms with E-state index in [-0.39, 0.29) is 0 Å². The number of aliphatic hydroxyl groups excluding tert-OH is 1. The summed E-state index contributed by atoms with van der Waals surface area (Å²) in [5.74, 6) is -1.88. The van der Waals surface area contributed by atoms with E-state index in [9.17, 15) is 19.5 Å². The summed E-state index contributed by atoms with van der Waals surface area (Å²) in [4.78, 5) is 34.4. The van der Waals surface area contributed by atoms with Gasteiger partial charge in [-0.3, -0.25) is 4.79 Å². The smallest absolute Gasteiger partial charge is 0.331 e. The number of esters is 2. The Labute approximate surface area is 117 Å². The number of rotatable bonds is 0. The van der Waals surface area contributed by atoms with Crippen molar-refractivity contribution in [3.63, 3.8) is 0 Å². The second-order valence-corrected chi connectivity index (χ2v) is 4.57. The van der Waals surface area contributed by atoms with Gasteiger partial charge in [0.1, 0.15) is 0 Å². The minimum absolute atomic E-state index is 0.344. The molecule has 0 radical (unpaired) electrons. The Morgan fingerprint density at radius 2 is 1.65 bits per heavy atom. The molecule has 20 heavy (non-hydrogen) atoms. The first-order valence-corrected chi connectivity index (χ1v) is 6.38. The molecule has 110 valence electrons. The number of hydrogen-bond donors (Lipinski definition) is 1. The van der Waals surface area contributed by atoms with E-state index in [1.165, 1.54) is 13.0 Å². The Morgan fingerprint density at radius 1 is 1.00 bits per heavy atom. The molecule has 1 aliphatic heterocycles. The molecular weight excluding hydrogens is 264 g/mol. The van der Waals surface area contributed by atoms with Crippen LogP contribution in [0.4, 0.5) is 0 Å². The van der Waals surface area contributed by atoms with Gasteiger partial charge >= 0.3 is 11.9 Å². The highest BCUT2D eigenvalue weighted by Gasteiger charge is 2.16. The number of ketones is 1. The van der Waals surface area contributed by atoms with Gasteiger partial charge in [0, 0.05) is 12.2 Å². The Bertz CT molecular complexity index is 437. The van der Waals surface area contributed by atoms with Crippen LogP contribution in [0.1, 0.15) is 26.7 Å². The van der Waals surface area contributed by atoms with Crippen molar-refractivity contribution in [1.29, 1.82) is 0 Å². The molecule has 0 bridgehead atoms. The first kappa shape index (κ1) is 16.1. The van der Waals surface area contributed by atoms with Gasteiger partial charge in [0.2, 0.25) is 0 Å². The van der Waals surface area contributed by atoms with Gasteiger partial charge in [-0.05, 0) is 38.8 Å². The zero-order valence-electron chi connectivity index (χ0n) is 11.4. The van der Waals surface area contributed by atoms with Gasteiger partial charge in [0.05, 0.1) is 12.2 Å². The zero-order valence-corrected chi connectivity index (χ0v) is 11.4. The van der Waals surface area contributed by atoms with Crippen molar-refractivity contribution in [1.82, 2.24) is 0 Å². The second kappa shape index (κ2) is 7.59. The number of carbonyl (C=O) groups is 3. The molecule has 0 aliphatic carbocycles. The van der Waals surface area contributed by atoms with E-state index in [4.69, 9.17) is 9.47 Å². The topological polar surface area (TPSA) is 89.9 Å². The fourth-order valence-electron chi connectivity index (χ4n) is 1.55. The van der Waals surface area contributed by atoms with Gasteiger partial charge in [-0.1, -0.05) is 0 Å². The summed E-state index contributed by atoms with van der Waals surface area (Å²) >= 11 is 0. The van der Waals surface area contributed by atoms with Crippen molar-refractivity contribution in [2.75, 3.05) is 0 Å². The lowest BCUT2D eigenvalue weighted by molar-refractivity contribution is -0.147. The highest BCUT2D eigenvalue weighted by molar-refractivity contribution is 5.99. The average Bonchev–Trinajstić information content (AvgIpc) is 2.39. The lowest BCUT2D eigenvalue weighted by atomic mass is 10.1. The molecule has 0 unspecified atom stereocenters. The van der Waals surface area contributed by atoms with E-state index in [0.29, 0.717) is 12.8 Å². The minimum Gasteiger partial charge on any atom is -0.460 e. The van der Waals surface area contributed by atoms with E-state index in [0.717, 1.165) is 18.2 Å². The van der Waals surface area contributed by atoms with Crippen molar-refractivity contribution in [2.24, 2.45) is 0 Å². The normalized spacial score (nSPS) is 32.8. The molecule has 0 aromatic rings. The molecule has 0 saturated carbocycles. The van der Waals surface area contributed by atoms with Gasteiger partial charge < -0.3 is 14.6 Å². The Morgan fingerprint density at radius 3 is 2.35 bits per heavy atom. The predicted molar refractivity (Wildman–Crippen MR) is 69.6 cm³/mol. The molecule has 1 aliphatic rings. The Hall–Kier alpha value is -1.95. The fourth-order valence-corrected chi connectivity index (χ4v) is 1.55. The molecule has 0 saturated heterocycles. The van der Waals surface area contributed by atoms with Crippen LogP contribution in [0.2, 0.25) is 0 Å². The molecule has 6 heteroatoms. The van der Waals surface area contributed by atoms with E-state index in [1.54, 1.807) is 6.92 Å². The summed E-state index contributed by atoms with van der Waals surface area (Å²) < 4.78 is 9.85. The molecule has 1 rings (SSSR count). The van der Waals surface area contributed by atoms with Crippen molar-refractivity contribution in [3.05, 3.63) is 24.3 Å². The fraction of sp³-hybridized carbons (Fsp3) is 0.500. The van der Waals surface area contributed by atoms with Crippen LogP contribution in [0.15, 0.2) is 24.3 Å². The monoisotopic (exact) mass is 282 g/mol. The molecule has 1 heterocycles. The largest absolute Gasteiger partial charge is 0.460 e. The highest BCUT2D eigenvalue weighted by atomic mass is 16.5. The van der Waals surface area contributed by atoms with Crippen molar-refractivity contribution < 1.29 is 29.0 Å². The maximum Gasteiger partial charge on any atom is 0.331 e. The lowest BCUT2D eigenvalue weighted by Crippen LogP contribution is -2.23. The minimum atomic E-state index is -1.01. The van der Waals surface area contributed by atoms with Crippen LogP contribution < -0.4 is 0 Å². The van der Waals surface area contributed by atoms with Gasteiger partial charge in [0.15, 0.2) is 11.9 Å². The quantitative estimate of drug-likeness (QED) is 0.657. The van der Waals surface area contributed by atoms with Crippen LogP contribution in [0, 0.1) is 0 Å². The van der Waals surface area contributed by atoms with E-state index in [1.807, 2.05) is 0 Å². The number of aliphatic hydroxyl groups is 1. The van der Waals surface area contributed by atoms with E-state index >= 15 is 0 Å². The molecule has 0 amide bonds. The van der Waals surface area contributed by atoms with Gasteiger partial charge in [-0.15, -0.1) is 0 Å². The van der Waals surface area contributed by atoms with Crippen molar-refractivity contribution in [3.8, 4) is 0 Å². The molecule has 6 nitrogen and oxygen atoms in total. The molecule has 0 fully saturated rings. The maximum absolute atomic E-state index is 11.6. The van der Waals surface area contributed by atoms with Gasteiger partial charge in [-0.25, -0.2) is 9.59 Å². The number of cyclic esters (lactones) is 2. The van der Waals surface area contributed by atoms with Crippen molar-refractivity contribution >= 4 is 17.7 Å². The predicted octanol–water partition coefficient (Wildman–Crippen LogP) is 0.686. The van der Waals surface area contributed by atoms with E-state index < -0.39 is 36.0 Å². The Balaban J connectivity index is 2.82. The van der Waals surface area contributed by atoms with Crippen molar-refractivity contribution in [2.45, 2.75) is 45.0 Å². The first-order valence-electron chi connectivity index (χ1n) is 6.38. The standard InChI is InChI=1S/C14H18O6/c1-9-3-4-11(15)5-7-14(18)20-10(2)12(16)6-8-13(17)19-9/h5-11,15H,3-4H2,1-2H3/b7-5-,8-6-/t9-,10-,11-/m0/s1. The maximum atomic E-state index is 11.6. The van der Waals surface area contributed by atoms with E-state index in [2.05, 4.69) is 0 Å². The first-order chi connectivity index (χ1) is 9.38. The zero-order chi connectivity index (χ0) is 15.1. The van der Waals surface area contributed by atoms with Crippen LogP contribution in [0.5, 0.6) is 0 Å². The summed E-state index contributed by atoms with van der Waals surface area (Å²) in [6.07, 6.45) is 2.94. The third kappa shape index (κ3) is 5.79. The molecule has 0 spiro atoms. The summed E-state index contributed by atoms with van der Waals surface area (Å²) in [5.41, 5.74) is 0. The van der Waals surface area contributed by atoms with Crippen LogP contribution >= 0.6 is 0 Å². The highest BCUT2D eigenvalue weighted by Crippen LogP contribution is 2.08. The number of ether oxygens (including phenoxy) is 2. The third-order valence-corrected chi connectivity index (χ3v) is 2.72. The second-order valence-electron chi connectivity index (χ2n) is 4.57. The molecule has 1 N–H and O–H groups in total. The molecule has 0 aromatic carbocycles. The lowest BCUT2D eigenvalue weighted by Gasteiger charge is -2.14. The van der Waals surface area contributed by atoms with Crippen LogP contribution in [0.3, 0.4) is 0 Å². The Kier molecular flexibility index (Phi) is 6.11. The number of carbonyl (C=O) groups excluding carboxylic acids is 3. The summed E-state index contributed by atoms with van der Waals surface area (Å²) in [5, 5.41) is 9.62. The average molecular weight is 282 g/mol. The summed E-state index contributed by atoms with van der Waals surface area (Å²) in [6, 6.07) is 0. The molecule has 0 aromatic heterocycles. The van der Waals surface area contributed by atoms with Crippen LogP contribution in [0.25, 0.3) is 0 Å². The SMILES string of the molecule is C[C@@H]1OC(=O)/C=C\[C@@H](O)CC[C@H](C)OC(=O)/C=C\C1=O. The summed E-state index contributed by atoms with van der Waals surface area (Å²) in [7, 11) is 0. The van der Waals surface area contributed by atoms with Crippen LogP contribution in [-0.4, -0.2) is 41.1 Å². The molecular formula is C14H18O6. The number of hydrogen-bond acceptors (Lipinski definition) is 6. The van der Waals surface area contributed by atoms with Gasteiger partial charge in [-0.2, -0.15) is 0 Å². The summed E-state index contributed by atoms with van der Waals surface area (Å²) in [6.45, 7) is 3.08. The molecule has 3 atom stereocenters.